The van der Waals surface area contributed by atoms with Crippen LogP contribution >= 0.6 is 0 Å². The molecule has 4 nitrogen and oxygen atoms in total. The molecule has 0 amide bonds. The molecule has 0 saturated heterocycles. The summed E-state index contributed by atoms with van der Waals surface area (Å²) in [6.07, 6.45) is 2.68. The summed E-state index contributed by atoms with van der Waals surface area (Å²) < 4.78 is 5.70. The van der Waals surface area contributed by atoms with Crippen molar-refractivity contribution in [3.05, 3.63) is 23.4 Å². The second-order valence-corrected chi connectivity index (χ2v) is 4.98. The van der Waals surface area contributed by atoms with Crippen LogP contribution in [0.25, 0.3) is 0 Å². The number of aromatic nitrogens is 1. The van der Waals surface area contributed by atoms with Gasteiger partial charge in [-0.2, -0.15) is 0 Å². The van der Waals surface area contributed by atoms with Gasteiger partial charge in [-0.3, -0.25) is 0 Å². The summed E-state index contributed by atoms with van der Waals surface area (Å²) in [4.78, 5) is 6.83. The predicted octanol–water partition coefficient (Wildman–Crippen LogP) is 1.58. The first kappa shape index (κ1) is 13.3. The number of pyridine rings is 1. The topological polar surface area (TPSA) is 37.4 Å². The largest absolute Gasteiger partial charge is 0.476 e. The van der Waals surface area contributed by atoms with E-state index < -0.39 is 0 Å². The third-order valence-corrected chi connectivity index (χ3v) is 3.40. The van der Waals surface area contributed by atoms with Gasteiger partial charge in [0, 0.05) is 30.9 Å². The molecule has 1 aliphatic rings. The summed E-state index contributed by atoms with van der Waals surface area (Å²) in [6.45, 7) is 4.56. The Morgan fingerprint density at radius 1 is 1.44 bits per heavy atom. The molecule has 1 aromatic rings. The molecule has 0 unspecified atom stereocenters. The van der Waals surface area contributed by atoms with Crippen molar-refractivity contribution in [2.24, 2.45) is 0 Å². The molecule has 1 N–H and O–H groups in total. The lowest BCUT2D eigenvalue weighted by Crippen LogP contribution is -2.26. The van der Waals surface area contributed by atoms with Crippen LogP contribution < -0.4 is 10.1 Å². The van der Waals surface area contributed by atoms with Gasteiger partial charge in [0.2, 0.25) is 5.88 Å². The minimum absolute atomic E-state index is 0.713. The van der Waals surface area contributed by atoms with Crippen LogP contribution in [0, 0.1) is 6.92 Å². The first-order chi connectivity index (χ1) is 8.70. The highest BCUT2D eigenvalue weighted by molar-refractivity contribution is 5.24. The van der Waals surface area contributed by atoms with Crippen LogP contribution in [-0.4, -0.2) is 43.2 Å². The average molecular weight is 249 g/mol. The number of nitrogens with one attached hydrogen (secondary N) is 1. The molecular weight excluding hydrogens is 226 g/mol. The summed E-state index contributed by atoms with van der Waals surface area (Å²) in [5.74, 6) is 0.733. The molecule has 100 valence electrons. The number of ether oxygens (including phenoxy) is 1. The van der Waals surface area contributed by atoms with Crippen molar-refractivity contribution in [2.75, 3.05) is 27.2 Å². The van der Waals surface area contributed by atoms with Crippen LogP contribution in [0.2, 0.25) is 0 Å². The fraction of sp³-hybridized carbons (Fsp3) is 0.643. The normalized spacial score (nSPS) is 15.1. The zero-order valence-electron chi connectivity index (χ0n) is 11.6. The van der Waals surface area contributed by atoms with Crippen LogP contribution in [0.1, 0.15) is 24.1 Å². The van der Waals surface area contributed by atoms with E-state index in [1.807, 2.05) is 20.0 Å². The lowest BCUT2D eigenvalue weighted by molar-refractivity contribution is 0.226. The molecule has 18 heavy (non-hydrogen) atoms. The molecule has 0 aliphatic heterocycles. The molecule has 1 fully saturated rings. The van der Waals surface area contributed by atoms with E-state index in [0.717, 1.165) is 30.7 Å². The Balaban J connectivity index is 1.79. The van der Waals surface area contributed by atoms with Crippen LogP contribution in [0.4, 0.5) is 0 Å². The summed E-state index contributed by atoms with van der Waals surface area (Å²) in [5.41, 5.74) is 2.26. The number of hydrogen-bond acceptors (Lipinski definition) is 4. The first-order valence-electron chi connectivity index (χ1n) is 6.65. The third-order valence-electron chi connectivity index (χ3n) is 3.40. The second-order valence-electron chi connectivity index (χ2n) is 4.98. The Morgan fingerprint density at radius 2 is 2.22 bits per heavy atom. The molecule has 0 aromatic carbocycles. The van der Waals surface area contributed by atoms with Crippen molar-refractivity contribution >= 4 is 0 Å². The molecule has 1 aliphatic carbocycles. The quantitative estimate of drug-likeness (QED) is 0.796. The van der Waals surface area contributed by atoms with Gasteiger partial charge in [0.05, 0.1) is 0 Å². The monoisotopic (exact) mass is 249 g/mol. The maximum Gasteiger partial charge on any atom is 0.213 e. The van der Waals surface area contributed by atoms with Gasteiger partial charge in [-0.1, -0.05) is 6.07 Å². The molecule has 2 rings (SSSR count). The molecule has 1 saturated carbocycles. The summed E-state index contributed by atoms with van der Waals surface area (Å²) >= 11 is 0. The molecule has 0 radical (unpaired) electrons. The maximum absolute atomic E-state index is 5.70. The Bertz CT molecular complexity index is 391. The van der Waals surface area contributed by atoms with Gasteiger partial charge in [0.25, 0.3) is 0 Å². The lowest BCUT2D eigenvalue weighted by Gasteiger charge is -2.15. The van der Waals surface area contributed by atoms with E-state index in [1.165, 1.54) is 18.4 Å². The SMILES string of the molecule is CNCc1ccc(OCCN(C)C2CC2)nc1C. The zero-order chi connectivity index (χ0) is 13.0. The van der Waals surface area contributed by atoms with Crippen molar-refractivity contribution < 1.29 is 4.74 Å². The highest BCUT2D eigenvalue weighted by Gasteiger charge is 2.25. The first-order valence-corrected chi connectivity index (χ1v) is 6.65. The minimum atomic E-state index is 0.713. The third kappa shape index (κ3) is 3.68. The van der Waals surface area contributed by atoms with Gasteiger partial charge in [0.1, 0.15) is 6.61 Å². The van der Waals surface area contributed by atoms with Crippen LogP contribution in [0.5, 0.6) is 5.88 Å². The predicted molar refractivity (Wildman–Crippen MR) is 72.9 cm³/mol. The van der Waals surface area contributed by atoms with E-state index in [1.54, 1.807) is 0 Å². The van der Waals surface area contributed by atoms with Gasteiger partial charge >= 0.3 is 0 Å². The van der Waals surface area contributed by atoms with E-state index in [4.69, 9.17) is 4.74 Å². The van der Waals surface area contributed by atoms with Crippen molar-refractivity contribution in [3.8, 4) is 5.88 Å². The Labute approximate surface area is 109 Å². The maximum atomic E-state index is 5.70. The molecular formula is C14H23N3O. The molecule has 0 atom stereocenters. The minimum Gasteiger partial charge on any atom is -0.476 e. The second kappa shape index (κ2) is 6.16. The van der Waals surface area contributed by atoms with Crippen molar-refractivity contribution in [1.82, 2.24) is 15.2 Å². The Morgan fingerprint density at radius 3 is 2.83 bits per heavy atom. The summed E-state index contributed by atoms with van der Waals surface area (Å²) in [6, 6.07) is 4.83. The lowest BCUT2D eigenvalue weighted by atomic mass is 10.2. The van der Waals surface area contributed by atoms with E-state index in [2.05, 4.69) is 28.3 Å². The Kier molecular flexibility index (Phi) is 4.55. The van der Waals surface area contributed by atoms with Gasteiger partial charge in [0.15, 0.2) is 0 Å². The van der Waals surface area contributed by atoms with Crippen molar-refractivity contribution in [1.29, 1.82) is 0 Å². The zero-order valence-corrected chi connectivity index (χ0v) is 11.6. The summed E-state index contributed by atoms with van der Waals surface area (Å²) in [7, 11) is 4.10. The smallest absolute Gasteiger partial charge is 0.213 e. The van der Waals surface area contributed by atoms with Crippen molar-refractivity contribution in [3.63, 3.8) is 0 Å². The molecule has 1 heterocycles. The average Bonchev–Trinajstić information content (AvgIpc) is 3.16. The number of hydrogen-bond donors (Lipinski definition) is 1. The van der Waals surface area contributed by atoms with Gasteiger partial charge in [-0.05, 0) is 39.4 Å². The van der Waals surface area contributed by atoms with Crippen molar-refractivity contribution in [2.45, 2.75) is 32.4 Å². The Hall–Kier alpha value is -1.13. The van der Waals surface area contributed by atoms with Gasteiger partial charge in [-0.15, -0.1) is 0 Å². The van der Waals surface area contributed by atoms with Gasteiger partial charge < -0.3 is 15.0 Å². The van der Waals surface area contributed by atoms with E-state index >= 15 is 0 Å². The number of likely N-dealkylation sites (N-methyl/N-ethyl adjacent to an activating group) is 1. The van der Waals surface area contributed by atoms with Crippen LogP contribution in [0.15, 0.2) is 12.1 Å². The highest BCUT2D eigenvalue weighted by atomic mass is 16.5. The molecule has 4 heteroatoms. The number of aryl methyl sites for hydroxylation is 1. The van der Waals surface area contributed by atoms with Crippen LogP contribution in [0.3, 0.4) is 0 Å². The van der Waals surface area contributed by atoms with Crippen LogP contribution in [-0.2, 0) is 6.54 Å². The number of rotatable bonds is 7. The van der Waals surface area contributed by atoms with E-state index in [9.17, 15) is 0 Å². The van der Waals surface area contributed by atoms with E-state index in [-0.39, 0.29) is 0 Å². The number of nitrogens with zero attached hydrogens (tertiary/aromatic N) is 2. The highest BCUT2D eigenvalue weighted by Crippen LogP contribution is 2.24. The van der Waals surface area contributed by atoms with E-state index in [0.29, 0.717) is 6.61 Å². The van der Waals surface area contributed by atoms with Gasteiger partial charge in [-0.25, -0.2) is 4.98 Å². The molecule has 1 aromatic heterocycles. The summed E-state index contributed by atoms with van der Waals surface area (Å²) in [5, 5.41) is 3.13. The fourth-order valence-electron chi connectivity index (χ4n) is 2.02. The fourth-order valence-corrected chi connectivity index (χ4v) is 2.02. The standard InChI is InChI=1S/C14H23N3O/c1-11-12(10-15-2)4-7-14(16-11)18-9-8-17(3)13-5-6-13/h4,7,13,15H,5-6,8-10H2,1-3H3. The molecule has 0 spiro atoms. The molecule has 0 bridgehead atoms.